The molecule has 0 saturated carbocycles. The zero-order chi connectivity index (χ0) is 16.9. The number of nitrogens with zero attached hydrogens (tertiary/aromatic N) is 1. The van der Waals surface area contributed by atoms with E-state index < -0.39 is 0 Å². The van der Waals surface area contributed by atoms with E-state index in [4.69, 9.17) is 9.47 Å². The molecular formula is C18H35NO4. The second-order valence-corrected chi connectivity index (χ2v) is 6.77. The van der Waals surface area contributed by atoms with Gasteiger partial charge in [0.2, 0.25) is 0 Å². The number of esters is 1. The number of carbonyl (C=O) groups is 1. The summed E-state index contributed by atoms with van der Waals surface area (Å²) in [5.74, 6) is -0.0776. The third kappa shape index (κ3) is 11.5. The molecular weight excluding hydrogens is 294 g/mol. The highest BCUT2D eigenvalue weighted by molar-refractivity contribution is 5.69. The standard InChI is InChI=1S/C18H35NO4/c1-16(2)23-18(21)10-8-6-4-3-5-7-9-17(20)15-19-11-13-22-14-12-19/h16-17,20H,3-15H2,1-2H3/t17-/m0/s1. The Kier molecular flexibility index (Phi) is 11.3. The Labute approximate surface area is 141 Å². The van der Waals surface area contributed by atoms with Crippen molar-refractivity contribution in [3.8, 4) is 0 Å². The summed E-state index contributed by atoms with van der Waals surface area (Å²) in [6, 6.07) is 0. The van der Waals surface area contributed by atoms with Crippen LogP contribution in [-0.4, -0.2) is 61.0 Å². The molecule has 5 heteroatoms. The van der Waals surface area contributed by atoms with Crippen LogP contribution in [-0.2, 0) is 14.3 Å². The third-order valence-electron chi connectivity index (χ3n) is 4.11. The summed E-state index contributed by atoms with van der Waals surface area (Å²) < 4.78 is 10.4. The molecule has 136 valence electrons. The number of ether oxygens (including phenoxy) is 2. The maximum Gasteiger partial charge on any atom is 0.306 e. The van der Waals surface area contributed by atoms with Gasteiger partial charge in [-0.25, -0.2) is 0 Å². The van der Waals surface area contributed by atoms with Gasteiger partial charge in [-0.15, -0.1) is 0 Å². The van der Waals surface area contributed by atoms with Crippen LogP contribution in [0.5, 0.6) is 0 Å². The summed E-state index contributed by atoms with van der Waals surface area (Å²) in [7, 11) is 0. The van der Waals surface area contributed by atoms with E-state index in [1.54, 1.807) is 0 Å². The maximum absolute atomic E-state index is 11.4. The van der Waals surface area contributed by atoms with E-state index in [-0.39, 0.29) is 18.2 Å². The van der Waals surface area contributed by atoms with Gasteiger partial charge in [0.25, 0.3) is 0 Å². The Morgan fingerprint density at radius 2 is 1.70 bits per heavy atom. The molecule has 1 atom stereocenters. The summed E-state index contributed by atoms with van der Waals surface area (Å²) in [6.07, 6.45) is 7.81. The molecule has 23 heavy (non-hydrogen) atoms. The lowest BCUT2D eigenvalue weighted by Gasteiger charge is -2.28. The molecule has 0 spiro atoms. The van der Waals surface area contributed by atoms with E-state index in [1.165, 1.54) is 6.42 Å². The predicted octanol–water partition coefficient (Wildman–Crippen LogP) is 2.75. The van der Waals surface area contributed by atoms with Gasteiger partial charge in [0, 0.05) is 26.1 Å². The Bertz CT molecular complexity index is 303. The van der Waals surface area contributed by atoms with Crippen LogP contribution in [0, 0.1) is 0 Å². The number of β-amino-alcohol motifs (C(OH)–C–C–N with tert-alkyl or cyclic N) is 1. The molecule has 0 aromatic rings. The lowest BCUT2D eigenvalue weighted by atomic mass is 10.1. The average Bonchev–Trinajstić information content (AvgIpc) is 2.50. The fourth-order valence-corrected chi connectivity index (χ4v) is 2.85. The van der Waals surface area contributed by atoms with Crippen LogP contribution in [0.25, 0.3) is 0 Å². The van der Waals surface area contributed by atoms with Crippen LogP contribution in [0.1, 0.15) is 65.2 Å². The van der Waals surface area contributed by atoms with E-state index in [0.717, 1.165) is 71.4 Å². The first-order valence-electron chi connectivity index (χ1n) is 9.25. The molecule has 1 fully saturated rings. The van der Waals surface area contributed by atoms with Crippen molar-refractivity contribution in [2.75, 3.05) is 32.8 Å². The van der Waals surface area contributed by atoms with Crippen molar-refractivity contribution in [3.05, 3.63) is 0 Å². The summed E-state index contributed by atoms with van der Waals surface area (Å²) in [5, 5.41) is 10.0. The molecule has 0 amide bonds. The number of aliphatic hydroxyl groups is 1. The molecule has 0 aliphatic carbocycles. The van der Waals surface area contributed by atoms with E-state index in [9.17, 15) is 9.90 Å². The fourth-order valence-electron chi connectivity index (χ4n) is 2.85. The van der Waals surface area contributed by atoms with Crippen molar-refractivity contribution in [1.29, 1.82) is 0 Å². The van der Waals surface area contributed by atoms with Crippen LogP contribution < -0.4 is 0 Å². The fraction of sp³-hybridized carbons (Fsp3) is 0.944. The predicted molar refractivity (Wildman–Crippen MR) is 91.4 cm³/mol. The second-order valence-electron chi connectivity index (χ2n) is 6.77. The summed E-state index contributed by atoms with van der Waals surface area (Å²) >= 11 is 0. The van der Waals surface area contributed by atoms with Gasteiger partial charge in [0.15, 0.2) is 0 Å². The Morgan fingerprint density at radius 3 is 2.35 bits per heavy atom. The van der Waals surface area contributed by atoms with Gasteiger partial charge in [0.1, 0.15) is 0 Å². The Morgan fingerprint density at radius 1 is 1.09 bits per heavy atom. The highest BCUT2D eigenvalue weighted by atomic mass is 16.5. The van der Waals surface area contributed by atoms with Crippen LogP contribution >= 0.6 is 0 Å². The SMILES string of the molecule is CC(C)OC(=O)CCCCCCCC[C@H](O)CN1CCOCC1. The van der Waals surface area contributed by atoms with E-state index >= 15 is 0 Å². The van der Waals surface area contributed by atoms with Crippen molar-refractivity contribution in [3.63, 3.8) is 0 Å². The Balaban J connectivity index is 1.86. The largest absolute Gasteiger partial charge is 0.463 e. The number of aliphatic hydroxyl groups excluding tert-OH is 1. The molecule has 1 rings (SSSR count). The monoisotopic (exact) mass is 329 g/mol. The first-order valence-corrected chi connectivity index (χ1v) is 9.25. The van der Waals surface area contributed by atoms with Gasteiger partial charge in [-0.05, 0) is 26.7 Å². The topological polar surface area (TPSA) is 59.0 Å². The van der Waals surface area contributed by atoms with Crippen LogP contribution in [0.4, 0.5) is 0 Å². The highest BCUT2D eigenvalue weighted by Crippen LogP contribution is 2.11. The normalized spacial score (nSPS) is 17.4. The van der Waals surface area contributed by atoms with Crippen molar-refractivity contribution < 1.29 is 19.4 Å². The van der Waals surface area contributed by atoms with Gasteiger partial charge < -0.3 is 14.6 Å². The molecule has 1 aliphatic heterocycles. The molecule has 1 heterocycles. The van der Waals surface area contributed by atoms with Crippen LogP contribution in [0.3, 0.4) is 0 Å². The van der Waals surface area contributed by atoms with Crippen LogP contribution in [0.15, 0.2) is 0 Å². The number of hydrogen-bond acceptors (Lipinski definition) is 5. The molecule has 0 bridgehead atoms. The molecule has 1 N–H and O–H groups in total. The molecule has 0 aromatic carbocycles. The summed E-state index contributed by atoms with van der Waals surface area (Å²) in [4.78, 5) is 13.6. The number of morpholine rings is 1. The minimum Gasteiger partial charge on any atom is -0.463 e. The van der Waals surface area contributed by atoms with Crippen molar-refractivity contribution >= 4 is 5.97 Å². The summed E-state index contributed by atoms with van der Waals surface area (Å²) in [5.41, 5.74) is 0. The summed E-state index contributed by atoms with van der Waals surface area (Å²) in [6.45, 7) is 8.00. The molecule has 0 unspecified atom stereocenters. The van der Waals surface area contributed by atoms with Gasteiger partial charge in [-0.3, -0.25) is 9.69 Å². The number of unbranched alkanes of at least 4 members (excludes halogenated alkanes) is 5. The molecule has 5 nitrogen and oxygen atoms in total. The second kappa shape index (κ2) is 12.7. The highest BCUT2D eigenvalue weighted by Gasteiger charge is 2.14. The lowest BCUT2D eigenvalue weighted by Crippen LogP contribution is -2.40. The zero-order valence-electron chi connectivity index (χ0n) is 15.0. The Hall–Kier alpha value is -0.650. The van der Waals surface area contributed by atoms with E-state index in [2.05, 4.69) is 4.90 Å². The minimum absolute atomic E-state index is 0.00797. The first-order chi connectivity index (χ1) is 11.1. The first kappa shape index (κ1) is 20.4. The number of rotatable bonds is 12. The number of carbonyl (C=O) groups excluding carboxylic acids is 1. The van der Waals surface area contributed by atoms with E-state index in [1.807, 2.05) is 13.8 Å². The molecule has 1 aliphatic rings. The van der Waals surface area contributed by atoms with Crippen molar-refractivity contribution in [2.45, 2.75) is 77.4 Å². The smallest absolute Gasteiger partial charge is 0.306 e. The molecule has 0 radical (unpaired) electrons. The molecule has 0 aromatic heterocycles. The van der Waals surface area contributed by atoms with Crippen molar-refractivity contribution in [1.82, 2.24) is 4.90 Å². The van der Waals surface area contributed by atoms with Gasteiger partial charge in [-0.1, -0.05) is 32.1 Å². The third-order valence-corrected chi connectivity index (χ3v) is 4.11. The molecule has 1 saturated heterocycles. The number of hydrogen-bond donors (Lipinski definition) is 1. The van der Waals surface area contributed by atoms with Crippen LogP contribution in [0.2, 0.25) is 0 Å². The van der Waals surface area contributed by atoms with Gasteiger partial charge >= 0.3 is 5.97 Å². The van der Waals surface area contributed by atoms with Crippen molar-refractivity contribution in [2.24, 2.45) is 0 Å². The zero-order valence-corrected chi connectivity index (χ0v) is 15.0. The minimum atomic E-state index is -0.209. The lowest BCUT2D eigenvalue weighted by molar-refractivity contribution is -0.147. The van der Waals surface area contributed by atoms with Gasteiger partial charge in [-0.2, -0.15) is 0 Å². The van der Waals surface area contributed by atoms with Gasteiger partial charge in [0.05, 0.1) is 25.4 Å². The quantitative estimate of drug-likeness (QED) is 0.441. The average molecular weight is 329 g/mol. The van der Waals surface area contributed by atoms with E-state index in [0.29, 0.717) is 6.42 Å². The maximum atomic E-state index is 11.4.